The van der Waals surface area contributed by atoms with Crippen LogP contribution in [-0.2, 0) is 17.4 Å². The highest BCUT2D eigenvalue weighted by atomic mass is 19.4. The molecular formula is C25H25F4N3O. The number of benzene rings is 2. The molecule has 4 rings (SSSR count). The summed E-state index contributed by atoms with van der Waals surface area (Å²) in [5.74, 6) is -0.459. The van der Waals surface area contributed by atoms with Gasteiger partial charge < -0.3 is 10.2 Å². The monoisotopic (exact) mass is 459 g/mol. The van der Waals surface area contributed by atoms with Gasteiger partial charge in [-0.25, -0.2) is 9.37 Å². The van der Waals surface area contributed by atoms with Crippen LogP contribution < -0.4 is 10.2 Å². The van der Waals surface area contributed by atoms with Crippen LogP contribution in [0.4, 0.5) is 23.2 Å². The number of halogens is 4. The molecule has 0 spiro atoms. The van der Waals surface area contributed by atoms with Crippen molar-refractivity contribution in [2.75, 3.05) is 11.9 Å². The van der Waals surface area contributed by atoms with Crippen LogP contribution in [0.3, 0.4) is 0 Å². The molecule has 174 valence electrons. The Hall–Kier alpha value is -3.16. The number of fused-ring (bicyclic) bond motifs is 1. The lowest BCUT2D eigenvalue weighted by Crippen LogP contribution is -2.43. The van der Waals surface area contributed by atoms with Crippen LogP contribution in [0.15, 0.2) is 54.6 Å². The lowest BCUT2D eigenvalue weighted by atomic mass is 9.89. The summed E-state index contributed by atoms with van der Waals surface area (Å²) in [5.41, 5.74) is 0.671. The summed E-state index contributed by atoms with van der Waals surface area (Å²) < 4.78 is 53.3. The van der Waals surface area contributed by atoms with Gasteiger partial charge in [0, 0.05) is 30.2 Å². The Bertz CT molecular complexity index is 1120. The molecular weight excluding hydrogens is 434 g/mol. The van der Waals surface area contributed by atoms with Gasteiger partial charge >= 0.3 is 6.18 Å². The lowest BCUT2D eigenvalue weighted by Gasteiger charge is -2.37. The summed E-state index contributed by atoms with van der Waals surface area (Å²) in [7, 11) is 1.82. The largest absolute Gasteiger partial charge is 0.433 e. The zero-order valence-electron chi connectivity index (χ0n) is 18.2. The zero-order valence-corrected chi connectivity index (χ0v) is 18.2. The quantitative estimate of drug-likeness (QED) is 0.513. The van der Waals surface area contributed by atoms with Crippen molar-refractivity contribution in [2.45, 2.75) is 50.4 Å². The molecule has 1 saturated carbocycles. The molecule has 0 radical (unpaired) electrons. The third kappa shape index (κ3) is 5.43. The van der Waals surface area contributed by atoms with Gasteiger partial charge in [0.2, 0.25) is 5.91 Å². The zero-order chi connectivity index (χ0) is 23.6. The number of alkyl halides is 3. The Kier molecular flexibility index (Phi) is 6.54. The molecule has 1 aliphatic rings. The van der Waals surface area contributed by atoms with Crippen molar-refractivity contribution >= 4 is 22.5 Å². The minimum Gasteiger partial charge on any atom is -0.371 e. The van der Waals surface area contributed by atoms with E-state index in [1.54, 1.807) is 36.4 Å². The number of para-hydroxylation sites is 1. The van der Waals surface area contributed by atoms with E-state index >= 15 is 0 Å². The minimum atomic E-state index is -4.52. The van der Waals surface area contributed by atoms with E-state index < -0.39 is 11.9 Å². The van der Waals surface area contributed by atoms with Gasteiger partial charge in [0.15, 0.2) is 0 Å². The first-order valence-electron chi connectivity index (χ1n) is 10.9. The maximum absolute atomic E-state index is 13.4. The van der Waals surface area contributed by atoms with E-state index in [0.717, 1.165) is 37.3 Å². The second-order valence-corrected chi connectivity index (χ2v) is 8.53. The van der Waals surface area contributed by atoms with Gasteiger partial charge in [-0.2, -0.15) is 13.2 Å². The molecule has 2 aromatic carbocycles. The molecule has 0 aliphatic heterocycles. The van der Waals surface area contributed by atoms with E-state index in [0.29, 0.717) is 16.6 Å². The third-order valence-corrected chi connectivity index (χ3v) is 6.25. The first kappa shape index (κ1) is 23.0. The standard InChI is InChI=1S/C25H25F4N3O/c1-32(22-15-23(25(27,28)29)31-21-5-3-2-4-20(21)22)19-12-10-18(11-13-19)30-24(33)14-16-6-8-17(26)9-7-16/h2-9,15,18-19H,10-14H2,1H3,(H,30,33)/t18-,19+. The second kappa shape index (κ2) is 9.37. The molecule has 1 aliphatic carbocycles. The van der Waals surface area contributed by atoms with Crippen LogP contribution >= 0.6 is 0 Å². The van der Waals surface area contributed by atoms with Crippen LogP contribution in [-0.4, -0.2) is 30.0 Å². The van der Waals surface area contributed by atoms with E-state index in [1.165, 1.54) is 12.1 Å². The Balaban J connectivity index is 1.41. The van der Waals surface area contributed by atoms with Gasteiger partial charge in [0.05, 0.1) is 11.9 Å². The molecule has 0 saturated heterocycles. The maximum Gasteiger partial charge on any atom is 0.433 e. The summed E-state index contributed by atoms with van der Waals surface area (Å²) >= 11 is 0. The van der Waals surface area contributed by atoms with Crippen molar-refractivity contribution in [1.29, 1.82) is 0 Å². The molecule has 0 unspecified atom stereocenters. The topological polar surface area (TPSA) is 45.2 Å². The summed E-state index contributed by atoms with van der Waals surface area (Å²) in [4.78, 5) is 18.1. The SMILES string of the molecule is CN(c1cc(C(F)(F)F)nc2ccccc12)[C@H]1CC[C@@H](NC(=O)Cc2ccc(F)cc2)CC1. The van der Waals surface area contributed by atoms with Gasteiger partial charge in [0.25, 0.3) is 0 Å². The first-order valence-corrected chi connectivity index (χ1v) is 10.9. The van der Waals surface area contributed by atoms with Crippen molar-refractivity contribution in [3.8, 4) is 0 Å². The van der Waals surface area contributed by atoms with Crippen molar-refractivity contribution in [3.63, 3.8) is 0 Å². The van der Waals surface area contributed by atoms with E-state index in [2.05, 4.69) is 10.3 Å². The van der Waals surface area contributed by atoms with E-state index in [-0.39, 0.29) is 30.2 Å². The fraction of sp³-hybridized carbons (Fsp3) is 0.360. The van der Waals surface area contributed by atoms with E-state index in [1.807, 2.05) is 11.9 Å². The van der Waals surface area contributed by atoms with Gasteiger partial charge in [-0.15, -0.1) is 0 Å². The number of pyridine rings is 1. The molecule has 1 aromatic heterocycles. The number of nitrogens with zero attached hydrogens (tertiary/aromatic N) is 2. The van der Waals surface area contributed by atoms with Crippen LogP contribution in [0.1, 0.15) is 36.9 Å². The molecule has 8 heteroatoms. The van der Waals surface area contributed by atoms with Crippen LogP contribution in [0.25, 0.3) is 10.9 Å². The molecule has 1 fully saturated rings. The predicted octanol–water partition coefficient (Wildman–Crippen LogP) is 5.50. The summed E-state index contributed by atoms with van der Waals surface area (Å²) in [6, 6.07) is 13.9. The molecule has 1 amide bonds. The number of rotatable bonds is 5. The van der Waals surface area contributed by atoms with Crippen LogP contribution in [0, 0.1) is 5.82 Å². The van der Waals surface area contributed by atoms with Crippen molar-refractivity contribution in [3.05, 3.63) is 71.7 Å². The summed E-state index contributed by atoms with van der Waals surface area (Å²) in [6.45, 7) is 0. The number of amides is 1. The van der Waals surface area contributed by atoms with E-state index in [4.69, 9.17) is 0 Å². The van der Waals surface area contributed by atoms with Gasteiger partial charge in [-0.1, -0.05) is 30.3 Å². The fourth-order valence-corrected chi connectivity index (χ4v) is 4.46. The summed E-state index contributed by atoms with van der Waals surface area (Å²) in [5, 5.41) is 3.71. The predicted molar refractivity (Wildman–Crippen MR) is 119 cm³/mol. The number of carbonyl (C=O) groups is 1. The highest BCUT2D eigenvalue weighted by Crippen LogP contribution is 2.36. The molecule has 1 N–H and O–H groups in total. The van der Waals surface area contributed by atoms with Crippen LogP contribution in [0.2, 0.25) is 0 Å². The molecule has 4 nitrogen and oxygen atoms in total. The Morgan fingerprint density at radius 2 is 1.73 bits per heavy atom. The normalized spacial score (nSPS) is 18.8. The lowest BCUT2D eigenvalue weighted by molar-refractivity contribution is -0.140. The van der Waals surface area contributed by atoms with Crippen LogP contribution in [0.5, 0.6) is 0 Å². The van der Waals surface area contributed by atoms with Gasteiger partial charge in [0.1, 0.15) is 11.5 Å². The highest BCUT2D eigenvalue weighted by molar-refractivity contribution is 5.92. The van der Waals surface area contributed by atoms with E-state index in [9.17, 15) is 22.4 Å². The van der Waals surface area contributed by atoms with Crippen molar-refractivity contribution in [1.82, 2.24) is 10.3 Å². The molecule has 3 aromatic rings. The fourth-order valence-electron chi connectivity index (χ4n) is 4.46. The summed E-state index contributed by atoms with van der Waals surface area (Å²) in [6.07, 6.45) is -1.37. The van der Waals surface area contributed by atoms with Crippen molar-refractivity contribution in [2.24, 2.45) is 0 Å². The molecule has 1 heterocycles. The molecule has 0 bridgehead atoms. The number of anilines is 1. The minimum absolute atomic E-state index is 0.0162. The number of carbonyl (C=O) groups excluding carboxylic acids is 1. The smallest absolute Gasteiger partial charge is 0.371 e. The number of nitrogens with one attached hydrogen (secondary N) is 1. The number of hydrogen-bond acceptors (Lipinski definition) is 3. The average molecular weight is 459 g/mol. The average Bonchev–Trinajstić information content (AvgIpc) is 2.79. The maximum atomic E-state index is 13.4. The Morgan fingerprint density at radius 3 is 2.39 bits per heavy atom. The first-order chi connectivity index (χ1) is 15.7. The molecule has 33 heavy (non-hydrogen) atoms. The third-order valence-electron chi connectivity index (χ3n) is 6.25. The van der Waals surface area contributed by atoms with Gasteiger partial charge in [-0.3, -0.25) is 4.79 Å². The van der Waals surface area contributed by atoms with Gasteiger partial charge in [-0.05, 0) is 55.5 Å². The van der Waals surface area contributed by atoms with Crippen molar-refractivity contribution < 1.29 is 22.4 Å². The Morgan fingerprint density at radius 1 is 1.06 bits per heavy atom. The Labute approximate surface area is 189 Å². The highest BCUT2D eigenvalue weighted by Gasteiger charge is 2.34. The number of aromatic nitrogens is 1. The second-order valence-electron chi connectivity index (χ2n) is 8.53. The molecule has 0 atom stereocenters. The number of hydrogen-bond donors (Lipinski definition) is 1.